The first kappa shape index (κ1) is 27.3. The van der Waals surface area contributed by atoms with Crippen molar-refractivity contribution in [1.29, 1.82) is 0 Å². The van der Waals surface area contributed by atoms with Gasteiger partial charge in [-0.15, -0.1) is 0 Å². The van der Waals surface area contributed by atoms with Crippen molar-refractivity contribution in [3.8, 4) is 67.5 Å². The van der Waals surface area contributed by atoms with Crippen LogP contribution in [0.5, 0.6) is 0 Å². The molecule has 0 aliphatic rings. The molecule has 0 bridgehead atoms. The zero-order valence-electron chi connectivity index (χ0n) is 25.0. The van der Waals surface area contributed by atoms with Gasteiger partial charge in [-0.25, -0.2) is 15.0 Å². The first-order valence-electron chi connectivity index (χ1n) is 15.3. The number of pyridine rings is 1. The molecular formula is C42H28N4. The molecule has 0 fully saturated rings. The van der Waals surface area contributed by atoms with E-state index >= 15 is 0 Å². The van der Waals surface area contributed by atoms with E-state index in [1.54, 1.807) is 6.20 Å². The van der Waals surface area contributed by atoms with Crippen molar-refractivity contribution < 1.29 is 0 Å². The van der Waals surface area contributed by atoms with Crippen molar-refractivity contribution in [1.82, 2.24) is 19.9 Å². The number of benzene rings is 6. The van der Waals surface area contributed by atoms with E-state index in [0.29, 0.717) is 17.5 Å². The van der Waals surface area contributed by atoms with Crippen LogP contribution >= 0.6 is 0 Å². The molecule has 0 amide bonds. The van der Waals surface area contributed by atoms with Gasteiger partial charge in [0.25, 0.3) is 0 Å². The zero-order chi connectivity index (χ0) is 30.7. The van der Waals surface area contributed by atoms with Crippen molar-refractivity contribution >= 4 is 10.8 Å². The third kappa shape index (κ3) is 5.33. The number of aromatic nitrogens is 4. The molecule has 0 saturated heterocycles. The van der Waals surface area contributed by atoms with E-state index in [9.17, 15) is 0 Å². The SMILES string of the molecule is c1ccc(-c2ccc(-c3nc(-c4ccccc4)nc(-c4ccc(-c5ccc(-c6cccnc6)cc5)c5ccccc45)n3)cc2)cc1. The molecule has 0 aliphatic heterocycles. The molecule has 0 aliphatic carbocycles. The summed E-state index contributed by atoms with van der Waals surface area (Å²) in [7, 11) is 0. The number of rotatable bonds is 6. The largest absolute Gasteiger partial charge is 0.264 e. The molecular weight excluding hydrogens is 560 g/mol. The summed E-state index contributed by atoms with van der Waals surface area (Å²) in [4.78, 5) is 19.3. The van der Waals surface area contributed by atoms with E-state index in [2.05, 4.69) is 120 Å². The summed E-state index contributed by atoms with van der Waals surface area (Å²) in [5.41, 5.74) is 9.72. The van der Waals surface area contributed by atoms with Crippen LogP contribution in [0.25, 0.3) is 78.3 Å². The van der Waals surface area contributed by atoms with Crippen molar-refractivity contribution in [3.05, 3.63) is 170 Å². The summed E-state index contributed by atoms with van der Waals surface area (Å²) >= 11 is 0. The molecule has 2 heterocycles. The quantitative estimate of drug-likeness (QED) is 0.194. The van der Waals surface area contributed by atoms with Crippen molar-refractivity contribution in [3.63, 3.8) is 0 Å². The minimum atomic E-state index is 0.641. The molecule has 46 heavy (non-hydrogen) atoms. The number of hydrogen-bond acceptors (Lipinski definition) is 4. The third-order valence-corrected chi connectivity index (χ3v) is 8.27. The van der Waals surface area contributed by atoms with Gasteiger partial charge in [-0.3, -0.25) is 4.98 Å². The molecule has 0 unspecified atom stereocenters. The van der Waals surface area contributed by atoms with Crippen LogP contribution in [0, 0.1) is 0 Å². The van der Waals surface area contributed by atoms with E-state index in [1.165, 1.54) is 5.56 Å². The summed E-state index contributed by atoms with van der Waals surface area (Å²) in [6.07, 6.45) is 3.69. The second-order valence-corrected chi connectivity index (χ2v) is 11.1. The van der Waals surface area contributed by atoms with Crippen LogP contribution < -0.4 is 0 Å². The Bertz CT molecular complexity index is 2270. The van der Waals surface area contributed by atoms with E-state index < -0.39 is 0 Å². The number of hydrogen-bond donors (Lipinski definition) is 0. The monoisotopic (exact) mass is 588 g/mol. The fourth-order valence-electron chi connectivity index (χ4n) is 5.91. The zero-order valence-corrected chi connectivity index (χ0v) is 25.0. The van der Waals surface area contributed by atoms with Gasteiger partial charge in [0.1, 0.15) is 0 Å². The predicted octanol–water partition coefficient (Wildman–Crippen LogP) is 10.4. The van der Waals surface area contributed by atoms with Crippen LogP contribution in [-0.4, -0.2) is 19.9 Å². The van der Waals surface area contributed by atoms with Crippen molar-refractivity contribution in [2.24, 2.45) is 0 Å². The maximum absolute atomic E-state index is 5.07. The molecule has 0 radical (unpaired) electrons. The second-order valence-electron chi connectivity index (χ2n) is 11.1. The Hall–Kier alpha value is -6.26. The van der Waals surface area contributed by atoms with E-state index in [4.69, 9.17) is 15.0 Å². The maximum atomic E-state index is 5.07. The number of nitrogens with zero attached hydrogens (tertiary/aromatic N) is 4. The summed E-state index contributed by atoms with van der Waals surface area (Å²) in [6.45, 7) is 0. The average molecular weight is 589 g/mol. The first-order valence-corrected chi connectivity index (χ1v) is 15.3. The van der Waals surface area contributed by atoms with Gasteiger partial charge in [-0.05, 0) is 56.3 Å². The minimum Gasteiger partial charge on any atom is -0.264 e. The normalized spacial score (nSPS) is 11.0. The summed E-state index contributed by atoms with van der Waals surface area (Å²) in [5, 5.41) is 2.23. The van der Waals surface area contributed by atoms with Gasteiger partial charge < -0.3 is 0 Å². The highest BCUT2D eigenvalue weighted by molar-refractivity contribution is 6.04. The highest BCUT2D eigenvalue weighted by Gasteiger charge is 2.16. The second kappa shape index (κ2) is 12.0. The van der Waals surface area contributed by atoms with Crippen LogP contribution in [0.3, 0.4) is 0 Å². The van der Waals surface area contributed by atoms with Crippen molar-refractivity contribution in [2.45, 2.75) is 0 Å². The minimum absolute atomic E-state index is 0.641. The van der Waals surface area contributed by atoms with Gasteiger partial charge in [0.2, 0.25) is 0 Å². The predicted molar refractivity (Wildman–Crippen MR) is 188 cm³/mol. The van der Waals surface area contributed by atoms with Gasteiger partial charge in [0.15, 0.2) is 17.5 Å². The summed E-state index contributed by atoms with van der Waals surface area (Å²) < 4.78 is 0. The van der Waals surface area contributed by atoms with E-state index in [0.717, 1.165) is 55.3 Å². The highest BCUT2D eigenvalue weighted by Crippen LogP contribution is 2.36. The van der Waals surface area contributed by atoms with Crippen LogP contribution in [0.4, 0.5) is 0 Å². The molecule has 8 aromatic rings. The fourth-order valence-corrected chi connectivity index (χ4v) is 5.91. The van der Waals surface area contributed by atoms with E-state index in [-0.39, 0.29) is 0 Å². The maximum Gasteiger partial charge on any atom is 0.164 e. The molecule has 0 N–H and O–H groups in total. The molecule has 0 atom stereocenters. The molecule has 0 spiro atoms. The van der Waals surface area contributed by atoms with Crippen molar-refractivity contribution in [2.75, 3.05) is 0 Å². The van der Waals surface area contributed by atoms with Crippen LogP contribution in [0.2, 0.25) is 0 Å². The molecule has 4 nitrogen and oxygen atoms in total. The molecule has 2 aromatic heterocycles. The van der Waals surface area contributed by atoms with Gasteiger partial charge in [-0.2, -0.15) is 0 Å². The molecule has 6 aromatic carbocycles. The highest BCUT2D eigenvalue weighted by atomic mass is 15.0. The fraction of sp³-hybridized carbons (Fsp3) is 0. The standard InChI is InChI=1S/C42H28N4/c1-3-10-29(11-4-1)30-19-23-34(24-20-30)41-44-40(33-12-5-2-6-13-33)45-42(46-41)39-26-25-36(37-15-7-8-16-38(37)39)32-21-17-31(18-22-32)35-14-9-27-43-28-35/h1-28H. The molecule has 4 heteroatoms. The van der Waals surface area contributed by atoms with Crippen LogP contribution in [0.1, 0.15) is 0 Å². The average Bonchev–Trinajstić information content (AvgIpc) is 3.15. The Morgan fingerprint density at radius 1 is 0.283 bits per heavy atom. The van der Waals surface area contributed by atoms with Crippen LogP contribution in [-0.2, 0) is 0 Å². The molecule has 0 saturated carbocycles. The molecule has 8 rings (SSSR count). The van der Waals surface area contributed by atoms with Gasteiger partial charge >= 0.3 is 0 Å². The van der Waals surface area contributed by atoms with Gasteiger partial charge in [0.05, 0.1) is 0 Å². The van der Waals surface area contributed by atoms with Gasteiger partial charge in [-0.1, -0.05) is 146 Å². The number of fused-ring (bicyclic) bond motifs is 1. The summed E-state index contributed by atoms with van der Waals surface area (Å²) in [5.74, 6) is 1.93. The Morgan fingerprint density at radius 3 is 1.35 bits per heavy atom. The van der Waals surface area contributed by atoms with E-state index in [1.807, 2.05) is 48.7 Å². The summed E-state index contributed by atoms with van der Waals surface area (Å²) in [6, 6.07) is 54.4. The first-order chi connectivity index (χ1) is 22.8. The Kier molecular flexibility index (Phi) is 7.14. The third-order valence-electron chi connectivity index (χ3n) is 8.27. The van der Waals surface area contributed by atoms with Crippen LogP contribution in [0.15, 0.2) is 170 Å². The molecule has 216 valence electrons. The lowest BCUT2D eigenvalue weighted by Gasteiger charge is -2.13. The topological polar surface area (TPSA) is 51.6 Å². The lowest BCUT2D eigenvalue weighted by Crippen LogP contribution is -2.00. The Morgan fingerprint density at radius 2 is 0.717 bits per heavy atom. The lowest BCUT2D eigenvalue weighted by atomic mass is 9.93. The lowest BCUT2D eigenvalue weighted by molar-refractivity contribution is 1.08. The smallest absolute Gasteiger partial charge is 0.164 e. The Labute approximate surface area is 267 Å². The Balaban J connectivity index is 1.24. The van der Waals surface area contributed by atoms with Gasteiger partial charge in [0, 0.05) is 29.1 Å².